The van der Waals surface area contributed by atoms with Crippen molar-refractivity contribution in [3.63, 3.8) is 0 Å². The van der Waals surface area contributed by atoms with Crippen molar-refractivity contribution < 1.29 is 0 Å². The molecular formula is C43H33N3. The van der Waals surface area contributed by atoms with E-state index in [0.29, 0.717) is 17.5 Å². The first kappa shape index (κ1) is 26.8. The second kappa shape index (κ2) is 10.8. The highest BCUT2D eigenvalue weighted by Crippen LogP contribution is 2.54. The summed E-state index contributed by atoms with van der Waals surface area (Å²) in [6.07, 6.45) is 5.08. The van der Waals surface area contributed by atoms with Gasteiger partial charge in [-0.15, -0.1) is 0 Å². The van der Waals surface area contributed by atoms with Gasteiger partial charge in [0.15, 0.2) is 0 Å². The standard InChI is InChI=1S/C43H33N3/c44-28-31-12-10-18-33(42(31)46-40-22-8-4-15-35(40)36-16-5-9-23-41(36)46)29-24-26-30(27-25-29)34-19-11-20-38-37-17-6-7-21-39(37)45(43(34)38)32-13-2-1-3-14-32/h1-5,8-16,18-20,22-27,37,39H,6-7,17,21H2. The number of anilines is 2. The lowest BCUT2D eigenvalue weighted by molar-refractivity contribution is 0.402. The van der Waals surface area contributed by atoms with Crippen LogP contribution >= 0.6 is 0 Å². The highest BCUT2D eigenvalue weighted by molar-refractivity contribution is 6.10. The molecule has 1 saturated carbocycles. The van der Waals surface area contributed by atoms with Gasteiger partial charge in [0, 0.05) is 39.5 Å². The summed E-state index contributed by atoms with van der Waals surface area (Å²) in [5, 5.41) is 12.7. The molecule has 2 unspecified atom stereocenters. The van der Waals surface area contributed by atoms with Gasteiger partial charge in [-0.05, 0) is 59.9 Å². The van der Waals surface area contributed by atoms with E-state index in [1.807, 2.05) is 12.1 Å². The summed E-state index contributed by atoms with van der Waals surface area (Å²) < 4.78 is 2.27. The van der Waals surface area contributed by atoms with Gasteiger partial charge >= 0.3 is 0 Å². The van der Waals surface area contributed by atoms with Crippen molar-refractivity contribution in [1.82, 2.24) is 4.57 Å². The molecule has 1 aliphatic heterocycles. The van der Waals surface area contributed by atoms with Crippen molar-refractivity contribution in [2.24, 2.45) is 0 Å². The summed E-state index contributed by atoms with van der Waals surface area (Å²) in [5.74, 6) is 0.575. The largest absolute Gasteiger partial charge is 0.337 e. The summed E-state index contributed by atoms with van der Waals surface area (Å²) in [6.45, 7) is 0. The van der Waals surface area contributed by atoms with Crippen molar-refractivity contribution in [3.05, 3.63) is 151 Å². The Bertz CT molecular complexity index is 2240. The Hall–Kier alpha value is -5.59. The van der Waals surface area contributed by atoms with E-state index >= 15 is 0 Å². The number of hydrogen-bond acceptors (Lipinski definition) is 2. The van der Waals surface area contributed by atoms with Crippen molar-refractivity contribution in [2.75, 3.05) is 4.90 Å². The predicted octanol–water partition coefficient (Wildman–Crippen LogP) is 11.2. The number of nitrogens with zero attached hydrogens (tertiary/aromatic N) is 3. The van der Waals surface area contributed by atoms with E-state index in [1.165, 1.54) is 64.5 Å². The molecule has 0 bridgehead atoms. The van der Waals surface area contributed by atoms with Crippen LogP contribution in [0.25, 0.3) is 49.7 Å². The van der Waals surface area contributed by atoms with Gasteiger partial charge in [0.2, 0.25) is 0 Å². The molecule has 46 heavy (non-hydrogen) atoms. The number of para-hydroxylation sites is 5. The van der Waals surface area contributed by atoms with Gasteiger partial charge in [-0.1, -0.05) is 122 Å². The number of fused-ring (bicyclic) bond motifs is 6. The lowest BCUT2D eigenvalue weighted by Gasteiger charge is -2.34. The number of nitriles is 1. The molecule has 6 aromatic carbocycles. The van der Waals surface area contributed by atoms with Gasteiger partial charge in [-0.2, -0.15) is 5.26 Å². The quantitative estimate of drug-likeness (QED) is 0.204. The van der Waals surface area contributed by atoms with E-state index in [-0.39, 0.29) is 0 Å². The number of aromatic nitrogens is 1. The minimum atomic E-state index is 0.508. The lowest BCUT2D eigenvalue weighted by atomic mass is 9.82. The molecule has 9 rings (SSSR count). The molecule has 1 fully saturated rings. The van der Waals surface area contributed by atoms with Crippen molar-refractivity contribution in [1.29, 1.82) is 5.26 Å². The molecule has 3 heteroatoms. The Kier molecular flexibility index (Phi) is 6.28. The summed E-state index contributed by atoms with van der Waals surface area (Å²) in [4.78, 5) is 2.64. The Labute approximate surface area is 269 Å². The molecule has 2 aliphatic rings. The fraction of sp³-hybridized carbons (Fsp3) is 0.140. The predicted molar refractivity (Wildman–Crippen MR) is 190 cm³/mol. The number of benzene rings is 6. The highest BCUT2D eigenvalue weighted by Gasteiger charge is 2.41. The summed E-state index contributed by atoms with van der Waals surface area (Å²) in [7, 11) is 0. The monoisotopic (exact) mass is 591 g/mol. The van der Waals surface area contributed by atoms with Crippen LogP contribution in [0.4, 0.5) is 11.4 Å². The van der Waals surface area contributed by atoms with Crippen LogP contribution in [0.1, 0.15) is 42.7 Å². The van der Waals surface area contributed by atoms with Gasteiger partial charge in [-0.3, -0.25) is 0 Å². The van der Waals surface area contributed by atoms with E-state index in [0.717, 1.165) is 27.8 Å². The first-order chi connectivity index (χ1) is 22.8. The highest BCUT2D eigenvalue weighted by atomic mass is 15.2. The van der Waals surface area contributed by atoms with Crippen LogP contribution in [-0.4, -0.2) is 10.6 Å². The van der Waals surface area contributed by atoms with Crippen LogP contribution in [0, 0.1) is 11.3 Å². The van der Waals surface area contributed by atoms with E-state index < -0.39 is 0 Å². The Morgan fingerprint density at radius 1 is 0.543 bits per heavy atom. The molecule has 0 N–H and O–H groups in total. The third kappa shape index (κ3) is 4.04. The van der Waals surface area contributed by atoms with Gasteiger partial charge in [-0.25, -0.2) is 0 Å². The molecular weight excluding hydrogens is 558 g/mol. The van der Waals surface area contributed by atoms with E-state index in [9.17, 15) is 5.26 Å². The molecule has 7 aromatic rings. The maximum Gasteiger partial charge on any atom is 0.101 e. The van der Waals surface area contributed by atoms with Crippen molar-refractivity contribution in [3.8, 4) is 34.0 Å². The van der Waals surface area contributed by atoms with Crippen LogP contribution in [-0.2, 0) is 0 Å². The first-order valence-electron chi connectivity index (χ1n) is 16.4. The van der Waals surface area contributed by atoms with Crippen LogP contribution in [0.2, 0.25) is 0 Å². The van der Waals surface area contributed by atoms with Crippen LogP contribution < -0.4 is 4.90 Å². The zero-order valence-electron chi connectivity index (χ0n) is 25.6. The summed E-state index contributed by atoms with van der Waals surface area (Å²) in [5.41, 5.74) is 12.6. The molecule has 1 aliphatic carbocycles. The number of rotatable bonds is 4. The molecule has 3 nitrogen and oxygen atoms in total. The molecule has 0 saturated heterocycles. The maximum absolute atomic E-state index is 10.4. The topological polar surface area (TPSA) is 32.0 Å². The Morgan fingerprint density at radius 2 is 1.13 bits per heavy atom. The van der Waals surface area contributed by atoms with Crippen LogP contribution in [0.3, 0.4) is 0 Å². The molecule has 0 radical (unpaired) electrons. The fourth-order valence-electron chi connectivity index (χ4n) is 8.32. The lowest BCUT2D eigenvalue weighted by Crippen LogP contribution is -2.32. The zero-order valence-corrected chi connectivity index (χ0v) is 25.6. The smallest absolute Gasteiger partial charge is 0.101 e. The second-order valence-electron chi connectivity index (χ2n) is 12.7. The third-order valence-corrected chi connectivity index (χ3v) is 10.3. The summed E-state index contributed by atoms with van der Waals surface area (Å²) in [6, 6.07) is 52.9. The van der Waals surface area contributed by atoms with E-state index in [1.54, 1.807) is 0 Å². The maximum atomic E-state index is 10.4. The SMILES string of the molecule is N#Cc1cccc(-c2ccc(-c3cccc4c3N(c3ccccc3)C3CCCCC43)cc2)c1-n1c2ccccc2c2ccccc21. The normalized spacial score (nSPS) is 17.2. The van der Waals surface area contributed by atoms with E-state index in [4.69, 9.17) is 0 Å². The number of hydrogen-bond donors (Lipinski definition) is 0. The molecule has 0 amide bonds. The molecule has 220 valence electrons. The summed E-state index contributed by atoms with van der Waals surface area (Å²) >= 11 is 0. The van der Waals surface area contributed by atoms with E-state index in [2.05, 4.69) is 143 Å². The molecule has 2 atom stereocenters. The van der Waals surface area contributed by atoms with Crippen molar-refractivity contribution >= 4 is 33.2 Å². The van der Waals surface area contributed by atoms with Crippen molar-refractivity contribution in [2.45, 2.75) is 37.6 Å². The van der Waals surface area contributed by atoms with Gasteiger partial charge in [0.05, 0.1) is 28.0 Å². The first-order valence-corrected chi connectivity index (χ1v) is 16.4. The second-order valence-corrected chi connectivity index (χ2v) is 12.7. The zero-order chi connectivity index (χ0) is 30.6. The van der Waals surface area contributed by atoms with Crippen LogP contribution in [0.15, 0.2) is 140 Å². The fourth-order valence-corrected chi connectivity index (χ4v) is 8.32. The Morgan fingerprint density at radius 3 is 1.80 bits per heavy atom. The van der Waals surface area contributed by atoms with Gasteiger partial charge < -0.3 is 9.47 Å². The molecule has 1 aromatic heterocycles. The van der Waals surface area contributed by atoms with Gasteiger partial charge in [0.1, 0.15) is 6.07 Å². The molecule has 0 spiro atoms. The van der Waals surface area contributed by atoms with Crippen LogP contribution in [0.5, 0.6) is 0 Å². The van der Waals surface area contributed by atoms with Gasteiger partial charge in [0.25, 0.3) is 0 Å². The minimum absolute atomic E-state index is 0.508. The minimum Gasteiger partial charge on any atom is -0.337 e. The average molecular weight is 592 g/mol. The molecule has 2 heterocycles. The third-order valence-electron chi connectivity index (χ3n) is 10.3. The Balaban J connectivity index is 1.20. The average Bonchev–Trinajstić information content (AvgIpc) is 3.65.